The molecule has 4 heteroatoms. The van der Waals surface area contributed by atoms with Crippen molar-refractivity contribution < 1.29 is 4.39 Å². The van der Waals surface area contributed by atoms with Crippen LogP contribution in [-0.2, 0) is 0 Å². The largest absolute Gasteiger partial charge is 0.323 e. The van der Waals surface area contributed by atoms with Gasteiger partial charge in [0, 0.05) is 27.5 Å². The van der Waals surface area contributed by atoms with Crippen molar-refractivity contribution in [2.45, 2.75) is 42.6 Å². The minimum absolute atomic E-state index is 0.00301. The maximum absolute atomic E-state index is 13.3. The first kappa shape index (κ1) is 14.2. The van der Waals surface area contributed by atoms with Gasteiger partial charge < -0.3 is 5.73 Å². The Bertz CT molecular complexity index is 424. The van der Waals surface area contributed by atoms with Gasteiger partial charge >= 0.3 is 0 Å². The van der Waals surface area contributed by atoms with Crippen LogP contribution in [0.25, 0.3) is 0 Å². The van der Waals surface area contributed by atoms with E-state index in [1.165, 1.54) is 6.07 Å². The van der Waals surface area contributed by atoms with E-state index < -0.39 is 0 Å². The highest BCUT2D eigenvalue weighted by Crippen LogP contribution is 2.40. The van der Waals surface area contributed by atoms with Crippen molar-refractivity contribution in [3.8, 4) is 0 Å². The van der Waals surface area contributed by atoms with Crippen LogP contribution >= 0.6 is 23.5 Å². The third-order valence-corrected chi connectivity index (χ3v) is 7.06. The van der Waals surface area contributed by atoms with Crippen LogP contribution in [0, 0.1) is 12.7 Å². The quantitative estimate of drug-likeness (QED) is 0.896. The summed E-state index contributed by atoms with van der Waals surface area (Å²) in [6, 6.07) is 5.23. The van der Waals surface area contributed by atoms with Gasteiger partial charge in [-0.1, -0.05) is 26.0 Å². The molecular formula is C14H20FNS2. The maximum atomic E-state index is 13.3. The van der Waals surface area contributed by atoms with Crippen LogP contribution in [-0.4, -0.2) is 21.5 Å². The van der Waals surface area contributed by atoms with Crippen molar-refractivity contribution in [3.05, 3.63) is 35.1 Å². The predicted molar refractivity (Wildman–Crippen MR) is 80.8 cm³/mol. The van der Waals surface area contributed by atoms with Crippen LogP contribution in [0.15, 0.2) is 18.2 Å². The Morgan fingerprint density at radius 2 is 2.06 bits per heavy atom. The number of aryl methyl sites for hydroxylation is 1. The van der Waals surface area contributed by atoms with Crippen LogP contribution < -0.4 is 5.73 Å². The van der Waals surface area contributed by atoms with E-state index in [4.69, 9.17) is 5.73 Å². The summed E-state index contributed by atoms with van der Waals surface area (Å²) in [6.45, 7) is 6.32. The number of nitrogens with two attached hydrogens (primary N) is 1. The number of rotatable bonds is 2. The molecule has 4 atom stereocenters. The predicted octanol–water partition coefficient (Wildman–Crippen LogP) is 3.76. The second kappa shape index (κ2) is 5.85. The Hall–Kier alpha value is -0.190. The lowest BCUT2D eigenvalue weighted by Gasteiger charge is -2.34. The highest BCUT2D eigenvalue weighted by Gasteiger charge is 2.30. The average molecular weight is 285 g/mol. The molecular weight excluding hydrogens is 265 g/mol. The summed E-state index contributed by atoms with van der Waals surface area (Å²) in [6.07, 6.45) is 0. The van der Waals surface area contributed by atoms with E-state index in [0.29, 0.717) is 21.3 Å². The standard InChI is InChI=1S/C14H20FNS2/c1-8-6-11(4-5-12(8)15)14(16)13-7-17-9(2)10(3)18-13/h4-6,9-10,13-14H,7,16H2,1-3H3. The molecule has 18 heavy (non-hydrogen) atoms. The Kier molecular flexibility index (Phi) is 4.62. The average Bonchev–Trinajstić information content (AvgIpc) is 2.35. The highest BCUT2D eigenvalue weighted by molar-refractivity contribution is 8.07. The molecule has 0 amide bonds. The topological polar surface area (TPSA) is 26.0 Å². The maximum Gasteiger partial charge on any atom is 0.126 e. The van der Waals surface area contributed by atoms with Crippen LogP contribution in [0.5, 0.6) is 0 Å². The summed E-state index contributed by atoms with van der Waals surface area (Å²) < 4.78 is 13.3. The lowest BCUT2D eigenvalue weighted by Crippen LogP contribution is -2.34. The molecule has 0 radical (unpaired) electrons. The molecule has 0 aromatic heterocycles. The fourth-order valence-corrected chi connectivity index (χ4v) is 5.13. The Morgan fingerprint density at radius 1 is 1.33 bits per heavy atom. The zero-order valence-corrected chi connectivity index (χ0v) is 12.7. The molecule has 1 nitrogen and oxygen atoms in total. The Labute approximate surface area is 117 Å². The molecule has 1 aromatic carbocycles. The van der Waals surface area contributed by atoms with E-state index in [9.17, 15) is 4.39 Å². The van der Waals surface area contributed by atoms with Gasteiger partial charge in [-0.15, -0.1) is 0 Å². The molecule has 1 saturated heterocycles. The molecule has 0 spiro atoms. The molecule has 4 unspecified atom stereocenters. The van der Waals surface area contributed by atoms with Crippen molar-refractivity contribution in [3.63, 3.8) is 0 Å². The van der Waals surface area contributed by atoms with E-state index in [2.05, 4.69) is 13.8 Å². The van der Waals surface area contributed by atoms with Gasteiger partial charge in [0.15, 0.2) is 0 Å². The highest BCUT2D eigenvalue weighted by atomic mass is 32.2. The Balaban J connectivity index is 2.11. The van der Waals surface area contributed by atoms with E-state index >= 15 is 0 Å². The van der Waals surface area contributed by atoms with Gasteiger partial charge in [-0.25, -0.2) is 4.39 Å². The second-order valence-corrected chi connectivity index (χ2v) is 7.98. The molecule has 1 aliphatic rings. The van der Waals surface area contributed by atoms with Crippen LogP contribution in [0.1, 0.15) is 31.0 Å². The first-order chi connectivity index (χ1) is 8.49. The second-order valence-electron chi connectivity index (χ2n) is 4.95. The lowest BCUT2D eigenvalue weighted by molar-refractivity contribution is 0.614. The minimum atomic E-state index is -0.154. The van der Waals surface area contributed by atoms with Crippen molar-refractivity contribution in [2.75, 3.05) is 5.75 Å². The van der Waals surface area contributed by atoms with Crippen molar-refractivity contribution in [2.24, 2.45) is 5.73 Å². The van der Waals surface area contributed by atoms with Crippen LogP contribution in [0.4, 0.5) is 4.39 Å². The monoisotopic (exact) mass is 285 g/mol. The number of hydrogen-bond acceptors (Lipinski definition) is 3. The van der Waals surface area contributed by atoms with Gasteiger partial charge in [0.05, 0.1) is 0 Å². The molecule has 1 aliphatic heterocycles. The molecule has 0 saturated carbocycles. The van der Waals surface area contributed by atoms with E-state index in [0.717, 1.165) is 11.3 Å². The molecule has 1 heterocycles. The molecule has 0 bridgehead atoms. The fraction of sp³-hybridized carbons (Fsp3) is 0.571. The summed E-state index contributed by atoms with van der Waals surface area (Å²) in [5.74, 6) is 0.923. The lowest BCUT2D eigenvalue weighted by atomic mass is 10.0. The number of thioether (sulfide) groups is 2. The van der Waals surface area contributed by atoms with Gasteiger partial charge in [-0.05, 0) is 24.1 Å². The zero-order chi connectivity index (χ0) is 13.3. The third kappa shape index (κ3) is 3.03. The summed E-state index contributed by atoms with van der Waals surface area (Å²) in [5, 5.41) is 1.74. The zero-order valence-electron chi connectivity index (χ0n) is 11.0. The number of halogens is 1. The van der Waals surface area contributed by atoms with Gasteiger partial charge in [-0.2, -0.15) is 23.5 Å². The van der Waals surface area contributed by atoms with E-state index in [-0.39, 0.29) is 11.9 Å². The molecule has 1 fully saturated rings. The normalized spacial score (nSPS) is 30.2. The third-order valence-electron chi connectivity index (χ3n) is 3.54. The Morgan fingerprint density at radius 3 is 2.67 bits per heavy atom. The fourth-order valence-electron chi connectivity index (χ4n) is 2.09. The number of hydrogen-bond donors (Lipinski definition) is 1. The molecule has 0 aliphatic carbocycles. The minimum Gasteiger partial charge on any atom is -0.323 e. The molecule has 2 N–H and O–H groups in total. The van der Waals surface area contributed by atoms with Crippen molar-refractivity contribution >= 4 is 23.5 Å². The van der Waals surface area contributed by atoms with Crippen molar-refractivity contribution in [1.82, 2.24) is 0 Å². The SMILES string of the molecule is Cc1cc(C(N)C2CSC(C)C(C)S2)ccc1F. The number of benzene rings is 1. The molecule has 2 rings (SSSR count). The van der Waals surface area contributed by atoms with Gasteiger partial charge in [0.25, 0.3) is 0 Å². The van der Waals surface area contributed by atoms with E-state index in [1.807, 2.05) is 35.7 Å². The summed E-state index contributed by atoms with van der Waals surface area (Å²) in [5.41, 5.74) is 8.07. The van der Waals surface area contributed by atoms with Gasteiger partial charge in [-0.3, -0.25) is 0 Å². The van der Waals surface area contributed by atoms with Gasteiger partial charge in [0.2, 0.25) is 0 Å². The molecule has 100 valence electrons. The summed E-state index contributed by atoms with van der Waals surface area (Å²) >= 11 is 3.96. The smallest absolute Gasteiger partial charge is 0.126 e. The molecule has 1 aromatic rings. The van der Waals surface area contributed by atoms with E-state index in [1.54, 1.807) is 6.92 Å². The first-order valence-corrected chi connectivity index (χ1v) is 8.27. The first-order valence-electron chi connectivity index (χ1n) is 6.27. The van der Waals surface area contributed by atoms with Gasteiger partial charge in [0.1, 0.15) is 5.82 Å². The summed E-state index contributed by atoms with van der Waals surface area (Å²) in [4.78, 5) is 0. The summed E-state index contributed by atoms with van der Waals surface area (Å²) in [7, 11) is 0. The van der Waals surface area contributed by atoms with Crippen LogP contribution in [0.2, 0.25) is 0 Å². The van der Waals surface area contributed by atoms with Crippen LogP contribution in [0.3, 0.4) is 0 Å². The van der Waals surface area contributed by atoms with Crippen molar-refractivity contribution in [1.29, 1.82) is 0 Å².